The third-order valence-electron chi connectivity index (χ3n) is 2.76. The van der Waals surface area contributed by atoms with Crippen LogP contribution in [0.3, 0.4) is 0 Å². The Morgan fingerprint density at radius 1 is 1.26 bits per heavy atom. The lowest BCUT2D eigenvalue weighted by Crippen LogP contribution is -2.01. The molecule has 0 aliphatic carbocycles. The first kappa shape index (κ1) is 13.1. The van der Waals surface area contributed by atoms with Gasteiger partial charge in [0.05, 0.1) is 5.56 Å². The van der Waals surface area contributed by atoms with Crippen LogP contribution in [0.1, 0.15) is 23.7 Å². The summed E-state index contributed by atoms with van der Waals surface area (Å²) in [6, 6.07) is 10.7. The van der Waals surface area contributed by atoms with Gasteiger partial charge in [-0.15, -0.1) is 0 Å². The first-order valence-electron chi connectivity index (χ1n) is 6.24. The van der Waals surface area contributed by atoms with Gasteiger partial charge < -0.3 is 10.4 Å². The van der Waals surface area contributed by atoms with Crippen molar-refractivity contribution in [2.75, 3.05) is 11.9 Å². The number of pyridine rings is 1. The van der Waals surface area contributed by atoms with Gasteiger partial charge in [0.2, 0.25) is 0 Å². The summed E-state index contributed by atoms with van der Waals surface area (Å²) in [5.74, 6) is -0.0870. The SMILES string of the molecule is CCCNc1ccc(-c2cccc(C(=O)O)c2)cn1. The number of hydrogen-bond acceptors (Lipinski definition) is 3. The summed E-state index contributed by atoms with van der Waals surface area (Å²) >= 11 is 0. The average Bonchev–Trinajstić information content (AvgIpc) is 2.46. The van der Waals surface area contributed by atoms with E-state index in [-0.39, 0.29) is 5.56 Å². The van der Waals surface area contributed by atoms with Crippen LogP contribution in [-0.2, 0) is 0 Å². The fourth-order valence-corrected chi connectivity index (χ4v) is 1.75. The fraction of sp³-hybridized carbons (Fsp3) is 0.200. The van der Waals surface area contributed by atoms with Gasteiger partial charge in [0.1, 0.15) is 5.82 Å². The molecule has 0 unspecified atom stereocenters. The van der Waals surface area contributed by atoms with Gasteiger partial charge in [-0.05, 0) is 36.2 Å². The highest BCUT2D eigenvalue weighted by Crippen LogP contribution is 2.20. The van der Waals surface area contributed by atoms with Gasteiger partial charge in [0.15, 0.2) is 0 Å². The quantitative estimate of drug-likeness (QED) is 0.861. The molecule has 0 aliphatic rings. The van der Waals surface area contributed by atoms with Crippen LogP contribution in [0.15, 0.2) is 42.6 Å². The summed E-state index contributed by atoms with van der Waals surface area (Å²) < 4.78 is 0. The van der Waals surface area contributed by atoms with E-state index in [1.165, 1.54) is 0 Å². The van der Waals surface area contributed by atoms with Gasteiger partial charge in [-0.3, -0.25) is 0 Å². The van der Waals surface area contributed by atoms with Crippen LogP contribution >= 0.6 is 0 Å². The van der Waals surface area contributed by atoms with Crippen molar-refractivity contribution in [3.05, 3.63) is 48.2 Å². The van der Waals surface area contributed by atoms with Gasteiger partial charge >= 0.3 is 5.97 Å². The van der Waals surface area contributed by atoms with Crippen molar-refractivity contribution in [1.82, 2.24) is 4.98 Å². The number of nitrogens with one attached hydrogen (secondary N) is 1. The zero-order valence-electron chi connectivity index (χ0n) is 10.8. The molecule has 2 aromatic rings. The second-order valence-corrected chi connectivity index (χ2v) is 4.24. The fourth-order valence-electron chi connectivity index (χ4n) is 1.75. The smallest absolute Gasteiger partial charge is 0.335 e. The lowest BCUT2D eigenvalue weighted by Gasteiger charge is -2.06. The topological polar surface area (TPSA) is 62.2 Å². The van der Waals surface area contributed by atoms with Crippen LogP contribution in [0, 0.1) is 0 Å². The molecule has 98 valence electrons. The summed E-state index contributed by atoms with van der Waals surface area (Å²) in [5, 5.41) is 12.2. The molecule has 4 heteroatoms. The largest absolute Gasteiger partial charge is 0.478 e. The van der Waals surface area contributed by atoms with E-state index >= 15 is 0 Å². The van der Waals surface area contributed by atoms with Gasteiger partial charge in [-0.25, -0.2) is 9.78 Å². The van der Waals surface area contributed by atoms with E-state index < -0.39 is 5.97 Å². The van der Waals surface area contributed by atoms with Crippen molar-refractivity contribution >= 4 is 11.8 Å². The third-order valence-corrected chi connectivity index (χ3v) is 2.76. The third kappa shape index (κ3) is 3.31. The van der Waals surface area contributed by atoms with Crippen molar-refractivity contribution in [3.8, 4) is 11.1 Å². The normalized spacial score (nSPS) is 10.2. The maximum absolute atomic E-state index is 10.9. The van der Waals surface area contributed by atoms with E-state index in [0.717, 1.165) is 29.9 Å². The van der Waals surface area contributed by atoms with Crippen LogP contribution < -0.4 is 5.32 Å². The molecule has 0 saturated carbocycles. The van der Waals surface area contributed by atoms with Crippen molar-refractivity contribution in [2.24, 2.45) is 0 Å². The molecule has 1 aromatic carbocycles. The number of nitrogens with zero attached hydrogens (tertiary/aromatic N) is 1. The Morgan fingerprint density at radius 2 is 2.11 bits per heavy atom. The molecule has 0 atom stereocenters. The molecule has 0 spiro atoms. The molecule has 1 aromatic heterocycles. The number of benzene rings is 1. The lowest BCUT2D eigenvalue weighted by molar-refractivity contribution is 0.0697. The first-order valence-corrected chi connectivity index (χ1v) is 6.24. The lowest BCUT2D eigenvalue weighted by atomic mass is 10.0. The molecule has 0 bridgehead atoms. The number of rotatable bonds is 5. The zero-order valence-corrected chi connectivity index (χ0v) is 10.8. The minimum atomic E-state index is -0.920. The van der Waals surface area contributed by atoms with Crippen LogP contribution in [0.5, 0.6) is 0 Å². The monoisotopic (exact) mass is 256 g/mol. The van der Waals surface area contributed by atoms with Crippen molar-refractivity contribution in [1.29, 1.82) is 0 Å². The van der Waals surface area contributed by atoms with Gasteiger partial charge in [-0.2, -0.15) is 0 Å². The Morgan fingerprint density at radius 3 is 2.74 bits per heavy atom. The van der Waals surface area contributed by atoms with E-state index in [9.17, 15) is 4.79 Å². The summed E-state index contributed by atoms with van der Waals surface area (Å²) in [7, 11) is 0. The second-order valence-electron chi connectivity index (χ2n) is 4.24. The minimum absolute atomic E-state index is 0.283. The number of hydrogen-bond donors (Lipinski definition) is 2. The molecule has 2 N–H and O–H groups in total. The highest BCUT2D eigenvalue weighted by molar-refractivity contribution is 5.89. The van der Waals surface area contributed by atoms with E-state index in [0.29, 0.717) is 0 Å². The summed E-state index contributed by atoms with van der Waals surface area (Å²) in [6.07, 6.45) is 2.79. The Balaban J connectivity index is 2.22. The molecule has 19 heavy (non-hydrogen) atoms. The van der Waals surface area contributed by atoms with Crippen molar-refractivity contribution in [3.63, 3.8) is 0 Å². The van der Waals surface area contributed by atoms with Crippen molar-refractivity contribution < 1.29 is 9.90 Å². The van der Waals surface area contributed by atoms with Gasteiger partial charge in [-0.1, -0.05) is 19.1 Å². The predicted molar refractivity (Wildman–Crippen MR) is 75.4 cm³/mol. The van der Waals surface area contributed by atoms with E-state index in [2.05, 4.69) is 17.2 Å². The van der Waals surface area contributed by atoms with E-state index in [1.54, 1.807) is 24.4 Å². The van der Waals surface area contributed by atoms with E-state index in [1.807, 2.05) is 18.2 Å². The maximum Gasteiger partial charge on any atom is 0.335 e. The number of aromatic carboxylic acids is 1. The first-order chi connectivity index (χ1) is 9.20. The van der Waals surface area contributed by atoms with Gasteiger partial charge in [0, 0.05) is 18.3 Å². The van der Waals surface area contributed by atoms with Crippen LogP contribution in [-0.4, -0.2) is 22.6 Å². The summed E-state index contributed by atoms with van der Waals surface area (Å²) in [6.45, 7) is 2.99. The number of carboxylic acids is 1. The van der Waals surface area contributed by atoms with E-state index in [4.69, 9.17) is 5.11 Å². The molecule has 1 heterocycles. The summed E-state index contributed by atoms with van der Waals surface area (Å²) in [5.41, 5.74) is 2.05. The maximum atomic E-state index is 10.9. The number of carbonyl (C=O) groups is 1. The molecule has 4 nitrogen and oxygen atoms in total. The Bertz CT molecular complexity index is 565. The molecule has 0 saturated heterocycles. The molecule has 0 fully saturated rings. The number of anilines is 1. The minimum Gasteiger partial charge on any atom is -0.478 e. The highest BCUT2D eigenvalue weighted by atomic mass is 16.4. The molecular formula is C15H16N2O2. The Labute approximate surface area is 112 Å². The number of carboxylic acid groups (broad SMARTS) is 1. The molecule has 2 rings (SSSR count). The van der Waals surface area contributed by atoms with Gasteiger partial charge in [0.25, 0.3) is 0 Å². The van der Waals surface area contributed by atoms with Crippen LogP contribution in [0.4, 0.5) is 5.82 Å². The standard InChI is InChI=1S/C15H16N2O2/c1-2-8-16-14-7-6-13(10-17-14)11-4-3-5-12(9-11)15(18)19/h3-7,9-10H,2,8H2,1H3,(H,16,17)(H,18,19). The molecule has 0 radical (unpaired) electrons. The summed E-state index contributed by atoms with van der Waals surface area (Å²) in [4.78, 5) is 15.2. The molecular weight excluding hydrogens is 240 g/mol. The number of aromatic nitrogens is 1. The predicted octanol–water partition coefficient (Wildman–Crippen LogP) is 3.27. The zero-order chi connectivity index (χ0) is 13.7. The Hall–Kier alpha value is -2.36. The average molecular weight is 256 g/mol. The Kier molecular flexibility index (Phi) is 4.13. The second kappa shape index (κ2) is 6.00. The van der Waals surface area contributed by atoms with Crippen LogP contribution in [0.2, 0.25) is 0 Å². The molecule has 0 aliphatic heterocycles. The molecule has 0 amide bonds. The highest BCUT2D eigenvalue weighted by Gasteiger charge is 2.05. The van der Waals surface area contributed by atoms with Crippen LogP contribution in [0.25, 0.3) is 11.1 Å². The van der Waals surface area contributed by atoms with Crippen molar-refractivity contribution in [2.45, 2.75) is 13.3 Å².